The summed E-state index contributed by atoms with van der Waals surface area (Å²) < 4.78 is 15.6. The first-order valence-corrected chi connectivity index (χ1v) is 5.95. The van der Waals surface area contributed by atoms with E-state index < -0.39 is 5.95 Å². The molecule has 0 aromatic carbocycles. The van der Waals surface area contributed by atoms with Gasteiger partial charge in [0.25, 0.3) is 0 Å². The van der Waals surface area contributed by atoms with Crippen LogP contribution in [0.15, 0.2) is 18.3 Å². The number of aromatic amines is 1. The highest BCUT2D eigenvalue weighted by molar-refractivity contribution is 14.1. The van der Waals surface area contributed by atoms with Crippen molar-refractivity contribution < 1.29 is 4.39 Å². The van der Waals surface area contributed by atoms with Gasteiger partial charge < -0.3 is 0 Å². The molecule has 5 nitrogen and oxygen atoms in total. The van der Waals surface area contributed by atoms with Crippen LogP contribution in [0.1, 0.15) is 5.69 Å². The normalized spacial score (nSPS) is 11.2. The smallest absolute Gasteiger partial charge is 0.215 e. The molecular weight excluding hydrogens is 336 g/mol. The fraction of sp³-hybridized carbons (Fsp3) is 0.100. The van der Waals surface area contributed by atoms with Crippen molar-refractivity contribution >= 4 is 33.6 Å². The molecule has 7 heteroatoms. The van der Waals surface area contributed by atoms with Crippen LogP contribution in [0.3, 0.4) is 0 Å². The minimum atomic E-state index is -0.518. The van der Waals surface area contributed by atoms with Crippen molar-refractivity contribution in [1.29, 1.82) is 0 Å². The highest BCUT2D eigenvalue weighted by Gasteiger charge is 2.12. The predicted octanol–water partition coefficient (Wildman–Crippen LogP) is 2.20. The molecule has 0 bridgehead atoms. The fourth-order valence-electron chi connectivity index (χ4n) is 1.61. The lowest BCUT2D eigenvalue weighted by atomic mass is 10.3. The van der Waals surface area contributed by atoms with Crippen LogP contribution in [0.2, 0.25) is 0 Å². The molecule has 0 unspecified atom stereocenters. The third-order valence-electron chi connectivity index (χ3n) is 2.37. The number of H-pyrrole nitrogens is 1. The number of aromatic nitrogens is 5. The monoisotopic (exact) mass is 343 g/mol. The maximum Gasteiger partial charge on any atom is 0.215 e. The number of rotatable bonds is 1. The number of nitrogens with zero attached hydrogens (tertiary/aromatic N) is 4. The Kier molecular flexibility index (Phi) is 2.35. The standard InChI is InChI=1S/C10H7FIN5/c1-5-2-9(16-15-5)17-10-6(4-13-17)7(12)3-8(11)14-10/h2-4H,1H3,(H,15,16). The van der Waals surface area contributed by atoms with E-state index in [-0.39, 0.29) is 0 Å². The minimum absolute atomic E-state index is 0.473. The van der Waals surface area contributed by atoms with Crippen LogP contribution in [0.25, 0.3) is 16.9 Å². The Bertz CT molecular complexity index is 702. The molecule has 0 fully saturated rings. The first-order valence-electron chi connectivity index (χ1n) is 4.87. The lowest BCUT2D eigenvalue weighted by molar-refractivity contribution is 0.585. The number of hydrogen-bond donors (Lipinski definition) is 1. The van der Waals surface area contributed by atoms with Gasteiger partial charge in [0.15, 0.2) is 11.5 Å². The molecule has 3 aromatic heterocycles. The van der Waals surface area contributed by atoms with E-state index in [4.69, 9.17) is 0 Å². The summed E-state index contributed by atoms with van der Waals surface area (Å²) >= 11 is 2.06. The number of pyridine rings is 1. The average molecular weight is 343 g/mol. The molecule has 0 aliphatic carbocycles. The van der Waals surface area contributed by atoms with E-state index in [1.54, 1.807) is 6.20 Å². The molecule has 3 heterocycles. The van der Waals surface area contributed by atoms with E-state index in [1.807, 2.05) is 13.0 Å². The molecule has 0 atom stereocenters. The van der Waals surface area contributed by atoms with Gasteiger partial charge in [0.1, 0.15) is 0 Å². The van der Waals surface area contributed by atoms with Gasteiger partial charge in [-0.3, -0.25) is 5.10 Å². The van der Waals surface area contributed by atoms with Gasteiger partial charge in [0.05, 0.1) is 11.6 Å². The number of halogens is 2. The zero-order valence-corrected chi connectivity index (χ0v) is 10.9. The maximum absolute atomic E-state index is 13.3. The van der Waals surface area contributed by atoms with Crippen molar-refractivity contribution in [3.05, 3.63) is 33.5 Å². The van der Waals surface area contributed by atoms with Crippen LogP contribution in [-0.4, -0.2) is 25.0 Å². The van der Waals surface area contributed by atoms with Crippen molar-refractivity contribution in [2.24, 2.45) is 0 Å². The summed E-state index contributed by atoms with van der Waals surface area (Å²) in [5.74, 6) is 0.0855. The van der Waals surface area contributed by atoms with Gasteiger partial charge in [-0.2, -0.15) is 24.3 Å². The molecule has 0 aliphatic rings. The van der Waals surface area contributed by atoms with E-state index in [9.17, 15) is 4.39 Å². The van der Waals surface area contributed by atoms with Crippen LogP contribution in [-0.2, 0) is 0 Å². The van der Waals surface area contributed by atoms with Crippen molar-refractivity contribution in [1.82, 2.24) is 25.0 Å². The molecule has 86 valence electrons. The molecule has 3 rings (SSSR count). The number of fused-ring (bicyclic) bond motifs is 1. The molecule has 1 N–H and O–H groups in total. The summed E-state index contributed by atoms with van der Waals surface area (Å²) in [6.07, 6.45) is 1.66. The Morgan fingerprint density at radius 3 is 2.94 bits per heavy atom. The van der Waals surface area contributed by atoms with Crippen molar-refractivity contribution in [2.75, 3.05) is 0 Å². The van der Waals surface area contributed by atoms with Crippen LogP contribution in [0.5, 0.6) is 0 Å². The molecule has 0 amide bonds. The van der Waals surface area contributed by atoms with Crippen molar-refractivity contribution in [3.8, 4) is 5.82 Å². The van der Waals surface area contributed by atoms with Gasteiger partial charge in [0, 0.05) is 21.4 Å². The third-order valence-corrected chi connectivity index (χ3v) is 3.26. The largest absolute Gasteiger partial charge is 0.281 e. The highest BCUT2D eigenvalue weighted by atomic mass is 127. The summed E-state index contributed by atoms with van der Waals surface area (Å²) in [5, 5.41) is 11.9. The zero-order valence-electron chi connectivity index (χ0n) is 8.78. The summed E-state index contributed by atoms with van der Waals surface area (Å²) in [4.78, 5) is 3.86. The topological polar surface area (TPSA) is 59.4 Å². The van der Waals surface area contributed by atoms with Gasteiger partial charge in [-0.25, -0.2) is 0 Å². The number of hydrogen-bond acceptors (Lipinski definition) is 3. The quantitative estimate of drug-likeness (QED) is 0.544. The SMILES string of the molecule is Cc1cc(-n2ncc3c(I)cc(F)nc32)n[nH]1. The number of nitrogens with one attached hydrogen (secondary N) is 1. The molecule has 0 radical (unpaired) electrons. The van der Waals surface area contributed by atoms with Gasteiger partial charge in [-0.05, 0) is 29.5 Å². The van der Waals surface area contributed by atoms with Crippen LogP contribution >= 0.6 is 22.6 Å². The van der Waals surface area contributed by atoms with Gasteiger partial charge in [-0.1, -0.05) is 0 Å². The average Bonchev–Trinajstić information content (AvgIpc) is 2.83. The van der Waals surface area contributed by atoms with Gasteiger partial charge >= 0.3 is 0 Å². The second-order valence-corrected chi connectivity index (χ2v) is 4.79. The molecule has 0 aliphatic heterocycles. The Labute approximate surface area is 109 Å². The van der Waals surface area contributed by atoms with Gasteiger partial charge in [-0.15, -0.1) is 0 Å². The van der Waals surface area contributed by atoms with E-state index >= 15 is 0 Å². The highest BCUT2D eigenvalue weighted by Crippen LogP contribution is 2.21. The molecule has 3 aromatic rings. The lowest BCUT2D eigenvalue weighted by Crippen LogP contribution is -1.99. The van der Waals surface area contributed by atoms with E-state index in [2.05, 4.69) is 42.9 Å². The van der Waals surface area contributed by atoms with Crippen molar-refractivity contribution in [3.63, 3.8) is 0 Å². The third kappa shape index (κ3) is 1.70. The summed E-state index contributed by atoms with van der Waals surface area (Å²) in [5.41, 5.74) is 1.38. The maximum atomic E-state index is 13.3. The zero-order chi connectivity index (χ0) is 12.0. The Morgan fingerprint density at radius 2 is 2.24 bits per heavy atom. The van der Waals surface area contributed by atoms with Crippen LogP contribution in [0, 0.1) is 16.4 Å². The summed E-state index contributed by atoms with van der Waals surface area (Å²) in [6, 6.07) is 3.20. The first kappa shape index (κ1) is 10.6. The molecule has 17 heavy (non-hydrogen) atoms. The molecule has 0 saturated heterocycles. The molecular formula is C10H7FIN5. The van der Waals surface area contributed by atoms with E-state index in [0.717, 1.165) is 14.7 Å². The van der Waals surface area contributed by atoms with E-state index in [1.165, 1.54) is 10.7 Å². The Hall–Kier alpha value is -1.51. The predicted molar refractivity (Wildman–Crippen MR) is 68.4 cm³/mol. The minimum Gasteiger partial charge on any atom is -0.281 e. The Morgan fingerprint density at radius 1 is 1.41 bits per heavy atom. The summed E-state index contributed by atoms with van der Waals surface area (Å²) in [6.45, 7) is 1.89. The van der Waals surface area contributed by atoms with Crippen LogP contribution < -0.4 is 0 Å². The van der Waals surface area contributed by atoms with Gasteiger partial charge in [0.2, 0.25) is 5.95 Å². The second-order valence-electron chi connectivity index (χ2n) is 3.63. The molecule has 0 spiro atoms. The fourth-order valence-corrected chi connectivity index (χ4v) is 2.25. The first-order chi connectivity index (χ1) is 8.15. The lowest BCUT2D eigenvalue weighted by Gasteiger charge is -1.98. The van der Waals surface area contributed by atoms with Crippen LogP contribution in [0.4, 0.5) is 4.39 Å². The summed E-state index contributed by atoms with van der Waals surface area (Å²) in [7, 11) is 0. The Balaban J connectivity index is 2.31. The number of aryl methyl sites for hydroxylation is 1. The van der Waals surface area contributed by atoms with E-state index in [0.29, 0.717) is 11.5 Å². The second kappa shape index (κ2) is 3.76. The van der Waals surface area contributed by atoms with Crippen molar-refractivity contribution in [2.45, 2.75) is 6.92 Å². The molecule has 0 saturated carbocycles.